The summed E-state index contributed by atoms with van der Waals surface area (Å²) >= 11 is 6.04. The number of esters is 1. The normalized spacial score (nSPS) is 18.9. The van der Waals surface area contributed by atoms with Crippen LogP contribution in [-0.2, 0) is 15.9 Å². The van der Waals surface area contributed by atoms with Crippen LogP contribution in [0.1, 0.15) is 45.8 Å². The molecule has 0 radical (unpaired) electrons. The summed E-state index contributed by atoms with van der Waals surface area (Å²) in [5.74, 6) is -0.597. The number of nitrogens with one attached hydrogen (secondary N) is 2. The number of anilines is 1. The topological polar surface area (TPSA) is 109 Å². The van der Waals surface area contributed by atoms with E-state index in [0.717, 1.165) is 17.1 Å². The number of halogens is 1. The molecule has 3 rings (SSSR count). The third-order valence-corrected chi connectivity index (χ3v) is 5.49. The minimum Gasteiger partial charge on any atom is -0.464 e. The van der Waals surface area contributed by atoms with Crippen LogP contribution in [0.4, 0.5) is 5.69 Å². The Morgan fingerprint density at radius 3 is 2.73 bits per heavy atom. The highest BCUT2D eigenvalue weighted by atomic mass is 35.5. The number of pyridine rings is 1. The van der Waals surface area contributed by atoms with Gasteiger partial charge in [-0.25, -0.2) is 14.8 Å². The van der Waals surface area contributed by atoms with Gasteiger partial charge in [-0.3, -0.25) is 4.79 Å². The second kappa shape index (κ2) is 9.44. The van der Waals surface area contributed by atoms with Crippen molar-refractivity contribution >= 4 is 29.2 Å². The zero-order valence-corrected chi connectivity index (χ0v) is 18.2. The lowest BCUT2D eigenvalue weighted by atomic mass is 10.0. The molecule has 30 heavy (non-hydrogen) atoms. The first-order valence-corrected chi connectivity index (χ1v) is 10.1. The molecule has 0 aliphatic carbocycles. The molecule has 2 unspecified atom stereocenters. The molecule has 9 nitrogen and oxygen atoms in total. The molecule has 162 valence electrons. The number of amides is 1. The SMILES string of the molecule is CCc1[nH]c(C(=O)NC2CCN(c3cc(C)nc(C(=O)OC)c3)CC2OC)nc1Cl. The third kappa shape index (κ3) is 4.73. The maximum atomic E-state index is 12.6. The lowest BCUT2D eigenvalue weighted by molar-refractivity contribution is 0.0537. The van der Waals surface area contributed by atoms with Crippen molar-refractivity contribution in [3.63, 3.8) is 0 Å². The number of carbonyl (C=O) groups excluding carboxylic acids is 2. The first kappa shape index (κ1) is 22.0. The summed E-state index contributed by atoms with van der Waals surface area (Å²) in [5.41, 5.74) is 2.58. The molecular formula is C20H26ClN5O4. The van der Waals surface area contributed by atoms with Crippen LogP contribution in [0, 0.1) is 6.92 Å². The first-order valence-electron chi connectivity index (χ1n) is 9.76. The van der Waals surface area contributed by atoms with Crippen LogP contribution >= 0.6 is 11.6 Å². The van der Waals surface area contributed by atoms with Crippen LogP contribution in [0.15, 0.2) is 12.1 Å². The molecule has 0 spiro atoms. The summed E-state index contributed by atoms with van der Waals surface area (Å²) in [6, 6.07) is 3.44. The van der Waals surface area contributed by atoms with Gasteiger partial charge in [-0.15, -0.1) is 0 Å². The molecule has 10 heteroatoms. The van der Waals surface area contributed by atoms with E-state index in [1.807, 2.05) is 19.9 Å². The van der Waals surface area contributed by atoms with Crippen LogP contribution in [0.2, 0.25) is 5.15 Å². The molecule has 1 aliphatic heterocycles. The average Bonchev–Trinajstić information content (AvgIpc) is 3.13. The second-order valence-electron chi connectivity index (χ2n) is 7.14. The van der Waals surface area contributed by atoms with E-state index in [2.05, 4.69) is 25.2 Å². The minimum absolute atomic E-state index is 0.185. The predicted molar refractivity (Wildman–Crippen MR) is 112 cm³/mol. The number of aromatic nitrogens is 3. The Labute approximate surface area is 180 Å². The van der Waals surface area contributed by atoms with E-state index in [1.165, 1.54) is 7.11 Å². The molecule has 0 saturated carbocycles. The Morgan fingerprint density at radius 2 is 2.10 bits per heavy atom. The summed E-state index contributed by atoms with van der Waals surface area (Å²) in [4.78, 5) is 37.9. The van der Waals surface area contributed by atoms with Crippen molar-refractivity contribution in [1.29, 1.82) is 0 Å². The number of imidazole rings is 1. The van der Waals surface area contributed by atoms with Crippen LogP contribution in [0.3, 0.4) is 0 Å². The molecule has 1 aliphatic rings. The Hall–Kier alpha value is -2.65. The van der Waals surface area contributed by atoms with Crippen molar-refractivity contribution in [2.45, 2.75) is 38.8 Å². The standard InChI is InChI=1S/C20H26ClN5O4/c1-5-13-17(21)25-18(23-13)19(27)24-14-6-7-26(10-16(14)29-3)12-8-11(2)22-15(9-12)20(28)30-4/h8-9,14,16H,5-7,10H2,1-4H3,(H,23,25)(H,24,27). The van der Waals surface area contributed by atoms with E-state index in [9.17, 15) is 9.59 Å². The summed E-state index contributed by atoms with van der Waals surface area (Å²) in [6.45, 7) is 4.98. The average molecular weight is 436 g/mol. The highest BCUT2D eigenvalue weighted by Crippen LogP contribution is 2.24. The van der Waals surface area contributed by atoms with Gasteiger partial charge in [0.1, 0.15) is 0 Å². The Balaban J connectivity index is 1.71. The van der Waals surface area contributed by atoms with Gasteiger partial charge in [-0.2, -0.15) is 0 Å². The van der Waals surface area contributed by atoms with E-state index >= 15 is 0 Å². The van der Waals surface area contributed by atoms with Crippen LogP contribution in [0.5, 0.6) is 0 Å². The number of ether oxygens (including phenoxy) is 2. The van der Waals surface area contributed by atoms with Gasteiger partial charge in [0.2, 0.25) is 0 Å². The summed E-state index contributed by atoms with van der Waals surface area (Å²) in [6.07, 6.45) is 1.08. The summed E-state index contributed by atoms with van der Waals surface area (Å²) < 4.78 is 10.4. The van der Waals surface area contributed by atoms with E-state index in [1.54, 1.807) is 13.2 Å². The van der Waals surface area contributed by atoms with Crippen LogP contribution in [-0.4, -0.2) is 66.3 Å². The quantitative estimate of drug-likeness (QED) is 0.669. The molecule has 2 aromatic rings. The molecular weight excluding hydrogens is 410 g/mol. The number of H-pyrrole nitrogens is 1. The molecule has 1 saturated heterocycles. The highest BCUT2D eigenvalue weighted by Gasteiger charge is 2.32. The molecule has 2 atom stereocenters. The number of aryl methyl sites for hydroxylation is 2. The number of carbonyl (C=O) groups is 2. The third-order valence-electron chi connectivity index (χ3n) is 5.17. The fourth-order valence-corrected chi connectivity index (χ4v) is 3.83. The van der Waals surface area contributed by atoms with Gasteiger partial charge in [-0.1, -0.05) is 18.5 Å². The lowest BCUT2D eigenvalue weighted by Crippen LogP contribution is -2.55. The smallest absolute Gasteiger partial charge is 0.356 e. The number of aromatic amines is 1. The molecule has 0 bridgehead atoms. The molecule has 2 aromatic heterocycles. The van der Waals surface area contributed by atoms with Gasteiger partial charge in [0.05, 0.1) is 24.9 Å². The molecule has 3 heterocycles. The fraction of sp³-hybridized carbons (Fsp3) is 0.500. The Morgan fingerprint density at radius 1 is 1.33 bits per heavy atom. The Bertz CT molecular complexity index is 932. The largest absolute Gasteiger partial charge is 0.464 e. The van der Waals surface area contributed by atoms with E-state index in [0.29, 0.717) is 31.1 Å². The zero-order valence-electron chi connectivity index (χ0n) is 17.5. The number of rotatable bonds is 6. The van der Waals surface area contributed by atoms with Crippen LogP contribution < -0.4 is 10.2 Å². The second-order valence-corrected chi connectivity index (χ2v) is 7.50. The number of piperidine rings is 1. The zero-order chi connectivity index (χ0) is 21.8. The minimum atomic E-state index is -0.478. The number of hydrogen-bond donors (Lipinski definition) is 2. The summed E-state index contributed by atoms with van der Waals surface area (Å²) in [7, 11) is 2.95. The van der Waals surface area contributed by atoms with Crippen molar-refractivity contribution in [2.75, 3.05) is 32.2 Å². The number of nitrogens with zero attached hydrogens (tertiary/aromatic N) is 3. The first-order chi connectivity index (χ1) is 14.4. The maximum Gasteiger partial charge on any atom is 0.356 e. The molecule has 0 aromatic carbocycles. The highest BCUT2D eigenvalue weighted by molar-refractivity contribution is 6.30. The molecule has 1 fully saturated rings. The summed E-state index contributed by atoms with van der Waals surface area (Å²) in [5, 5.41) is 3.31. The molecule has 1 amide bonds. The monoisotopic (exact) mass is 435 g/mol. The van der Waals surface area contributed by atoms with Gasteiger partial charge in [0.25, 0.3) is 5.91 Å². The van der Waals surface area contributed by atoms with Crippen molar-refractivity contribution < 1.29 is 19.1 Å². The predicted octanol–water partition coefficient (Wildman–Crippen LogP) is 2.14. The van der Waals surface area contributed by atoms with Crippen molar-refractivity contribution in [3.05, 3.63) is 40.2 Å². The lowest BCUT2D eigenvalue weighted by Gasteiger charge is -2.39. The number of methoxy groups -OCH3 is 2. The maximum absolute atomic E-state index is 12.6. The van der Waals surface area contributed by atoms with Gasteiger partial charge in [-0.05, 0) is 31.9 Å². The fourth-order valence-electron chi connectivity index (χ4n) is 3.56. The van der Waals surface area contributed by atoms with E-state index in [4.69, 9.17) is 21.1 Å². The van der Waals surface area contributed by atoms with Gasteiger partial charge in [0.15, 0.2) is 16.7 Å². The van der Waals surface area contributed by atoms with Gasteiger partial charge < -0.3 is 24.7 Å². The van der Waals surface area contributed by atoms with Crippen molar-refractivity contribution in [3.8, 4) is 0 Å². The van der Waals surface area contributed by atoms with Gasteiger partial charge in [0, 0.05) is 31.6 Å². The Kier molecular flexibility index (Phi) is 6.94. The van der Waals surface area contributed by atoms with Crippen molar-refractivity contribution in [2.24, 2.45) is 0 Å². The van der Waals surface area contributed by atoms with Gasteiger partial charge >= 0.3 is 5.97 Å². The van der Waals surface area contributed by atoms with Crippen LogP contribution in [0.25, 0.3) is 0 Å². The van der Waals surface area contributed by atoms with E-state index < -0.39 is 5.97 Å². The number of hydrogen-bond acceptors (Lipinski definition) is 7. The van der Waals surface area contributed by atoms with Crippen molar-refractivity contribution in [1.82, 2.24) is 20.3 Å². The van der Waals surface area contributed by atoms with E-state index in [-0.39, 0.29) is 29.6 Å². The molecule has 2 N–H and O–H groups in total.